The second kappa shape index (κ2) is 4.59. The number of aromatic amines is 1. The van der Waals surface area contributed by atoms with Gasteiger partial charge in [-0.3, -0.25) is 5.10 Å². The van der Waals surface area contributed by atoms with Gasteiger partial charge >= 0.3 is 0 Å². The molecule has 1 saturated carbocycles. The van der Waals surface area contributed by atoms with Crippen LogP contribution < -0.4 is 0 Å². The molecular formula is C12H16N4S2. The molecule has 0 radical (unpaired) electrons. The third-order valence-corrected chi connectivity index (χ3v) is 4.70. The predicted molar refractivity (Wildman–Crippen MR) is 75.5 cm³/mol. The van der Waals surface area contributed by atoms with Crippen LogP contribution in [0.2, 0.25) is 0 Å². The van der Waals surface area contributed by atoms with E-state index < -0.39 is 0 Å². The summed E-state index contributed by atoms with van der Waals surface area (Å²) in [5, 5.41) is 8.43. The number of H-pyrrole nitrogens is 1. The van der Waals surface area contributed by atoms with Crippen LogP contribution in [0, 0.1) is 4.77 Å². The van der Waals surface area contributed by atoms with Crippen molar-refractivity contribution in [1.82, 2.24) is 19.7 Å². The van der Waals surface area contributed by atoms with Crippen molar-refractivity contribution in [3.8, 4) is 10.7 Å². The molecule has 3 rings (SSSR count). The van der Waals surface area contributed by atoms with Crippen molar-refractivity contribution in [3.05, 3.63) is 15.5 Å². The lowest BCUT2D eigenvalue weighted by molar-refractivity contribution is 0.885. The predicted octanol–water partition coefficient (Wildman–Crippen LogP) is 3.43. The fourth-order valence-electron chi connectivity index (χ4n) is 2.04. The van der Waals surface area contributed by atoms with Crippen LogP contribution in [0.15, 0.2) is 0 Å². The van der Waals surface area contributed by atoms with Gasteiger partial charge in [0, 0.05) is 13.0 Å². The van der Waals surface area contributed by atoms with Gasteiger partial charge in [-0.2, -0.15) is 5.10 Å². The average molecular weight is 280 g/mol. The third kappa shape index (κ3) is 2.03. The molecule has 0 aromatic carbocycles. The minimum Gasteiger partial charge on any atom is -0.303 e. The highest BCUT2D eigenvalue weighted by Gasteiger charge is 2.31. The van der Waals surface area contributed by atoms with Gasteiger partial charge in [-0.1, -0.05) is 6.92 Å². The van der Waals surface area contributed by atoms with Crippen molar-refractivity contribution in [3.63, 3.8) is 0 Å². The molecule has 96 valence electrons. The zero-order valence-electron chi connectivity index (χ0n) is 10.6. The number of nitrogens with one attached hydrogen (secondary N) is 1. The molecule has 0 aliphatic heterocycles. The Kier molecular flexibility index (Phi) is 3.07. The Labute approximate surface area is 115 Å². The van der Waals surface area contributed by atoms with Gasteiger partial charge in [-0.25, -0.2) is 4.98 Å². The summed E-state index contributed by atoms with van der Waals surface area (Å²) in [4.78, 5) is 6.01. The largest absolute Gasteiger partial charge is 0.303 e. The van der Waals surface area contributed by atoms with Crippen LogP contribution in [-0.2, 0) is 13.5 Å². The summed E-state index contributed by atoms with van der Waals surface area (Å²) in [5.41, 5.74) is 1.24. The molecule has 0 unspecified atom stereocenters. The van der Waals surface area contributed by atoms with Gasteiger partial charge in [-0.15, -0.1) is 11.3 Å². The monoisotopic (exact) mass is 280 g/mol. The lowest BCUT2D eigenvalue weighted by Crippen LogP contribution is -1.93. The van der Waals surface area contributed by atoms with Gasteiger partial charge in [0.05, 0.1) is 15.6 Å². The van der Waals surface area contributed by atoms with Crippen LogP contribution in [0.25, 0.3) is 10.7 Å². The molecule has 18 heavy (non-hydrogen) atoms. The van der Waals surface area contributed by atoms with Crippen molar-refractivity contribution in [2.45, 2.75) is 38.5 Å². The van der Waals surface area contributed by atoms with E-state index in [9.17, 15) is 0 Å². The van der Waals surface area contributed by atoms with Crippen LogP contribution >= 0.6 is 23.6 Å². The van der Waals surface area contributed by atoms with Crippen LogP contribution in [0.1, 0.15) is 42.8 Å². The summed E-state index contributed by atoms with van der Waals surface area (Å²) >= 11 is 6.96. The molecule has 0 spiro atoms. The van der Waals surface area contributed by atoms with Crippen molar-refractivity contribution >= 4 is 23.6 Å². The normalized spacial score (nSPS) is 15.2. The minimum atomic E-state index is 0.645. The zero-order chi connectivity index (χ0) is 12.7. The molecule has 1 aliphatic carbocycles. The van der Waals surface area contributed by atoms with Gasteiger partial charge in [0.25, 0.3) is 0 Å². The van der Waals surface area contributed by atoms with E-state index in [2.05, 4.69) is 17.1 Å². The van der Waals surface area contributed by atoms with Crippen LogP contribution in [0.3, 0.4) is 0 Å². The van der Waals surface area contributed by atoms with Gasteiger partial charge in [0.2, 0.25) is 0 Å². The first kappa shape index (κ1) is 12.0. The summed E-state index contributed by atoms with van der Waals surface area (Å²) in [5.74, 6) is 1.58. The maximum absolute atomic E-state index is 5.19. The molecule has 1 aliphatic rings. The number of aryl methyl sites for hydroxylation is 1. The van der Waals surface area contributed by atoms with Gasteiger partial charge in [-0.05, 0) is 37.9 Å². The number of hydrogen-bond donors (Lipinski definition) is 1. The Bertz CT molecular complexity index is 618. The van der Waals surface area contributed by atoms with Crippen molar-refractivity contribution in [2.75, 3.05) is 0 Å². The Balaban J connectivity index is 2.09. The molecule has 1 fully saturated rings. The Morgan fingerprint density at radius 1 is 1.50 bits per heavy atom. The number of aromatic nitrogens is 4. The third-order valence-electron chi connectivity index (χ3n) is 3.21. The Hall–Kier alpha value is -1.01. The highest BCUT2D eigenvalue weighted by atomic mass is 32.1. The summed E-state index contributed by atoms with van der Waals surface area (Å²) in [6.45, 7) is 2.19. The zero-order valence-corrected chi connectivity index (χ0v) is 12.2. The molecule has 0 atom stereocenters. The molecule has 2 aromatic heterocycles. The summed E-state index contributed by atoms with van der Waals surface area (Å²) < 4.78 is 2.60. The van der Waals surface area contributed by atoms with Gasteiger partial charge in [0.15, 0.2) is 10.6 Å². The standard InChI is InChI=1S/C12H16N4S2/c1-3-4-8-13-9(7-5-6-7)10(18-8)11-14-15-12(17)16(11)2/h7H,3-6H2,1-2H3,(H,15,17). The second-order valence-corrected chi connectivity index (χ2v) is 6.23. The van der Waals surface area contributed by atoms with E-state index in [4.69, 9.17) is 17.2 Å². The molecule has 1 N–H and O–H groups in total. The van der Waals surface area contributed by atoms with E-state index in [0.717, 1.165) is 18.7 Å². The van der Waals surface area contributed by atoms with Gasteiger partial charge in [0.1, 0.15) is 0 Å². The first-order valence-electron chi connectivity index (χ1n) is 6.32. The number of hydrogen-bond acceptors (Lipinski definition) is 4. The highest BCUT2D eigenvalue weighted by molar-refractivity contribution is 7.71. The van der Waals surface area contributed by atoms with E-state index in [-0.39, 0.29) is 0 Å². The maximum Gasteiger partial charge on any atom is 0.195 e. The van der Waals surface area contributed by atoms with E-state index in [0.29, 0.717) is 10.7 Å². The number of rotatable bonds is 4. The van der Waals surface area contributed by atoms with E-state index >= 15 is 0 Å². The van der Waals surface area contributed by atoms with Crippen molar-refractivity contribution < 1.29 is 0 Å². The van der Waals surface area contributed by atoms with Crippen LogP contribution in [0.5, 0.6) is 0 Å². The lowest BCUT2D eigenvalue weighted by atomic mass is 10.2. The van der Waals surface area contributed by atoms with Crippen molar-refractivity contribution in [1.29, 1.82) is 0 Å². The fourth-order valence-corrected chi connectivity index (χ4v) is 3.45. The molecule has 2 heterocycles. The van der Waals surface area contributed by atoms with Crippen LogP contribution in [-0.4, -0.2) is 19.7 Å². The van der Waals surface area contributed by atoms with E-state index in [1.807, 2.05) is 11.6 Å². The molecule has 0 bridgehead atoms. The summed E-state index contributed by atoms with van der Waals surface area (Å²) in [6, 6.07) is 0. The van der Waals surface area contributed by atoms with Crippen LogP contribution in [0.4, 0.5) is 0 Å². The Morgan fingerprint density at radius 3 is 2.83 bits per heavy atom. The first-order chi connectivity index (χ1) is 8.70. The SMILES string of the molecule is CCCc1nc(C2CC2)c(-c2n[nH]c(=S)n2C)s1. The topological polar surface area (TPSA) is 46.5 Å². The average Bonchev–Trinajstić information content (AvgIpc) is 3.04. The molecule has 0 amide bonds. The second-order valence-electron chi connectivity index (χ2n) is 4.76. The quantitative estimate of drug-likeness (QED) is 0.873. The molecule has 6 heteroatoms. The molecule has 0 saturated heterocycles. The molecular weight excluding hydrogens is 264 g/mol. The smallest absolute Gasteiger partial charge is 0.195 e. The van der Waals surface area contributed by atoms with E-state index in [1.165, 1.54) is 28.4 Å². The minimum absolute atomic E-state index is 0.645. The lowest BCUT2D eigenvalue weighted by Gasteiger charge is -1.99. The molecule has 2 aromatic rings. The fraction of sp³-hybridized carbons (Fsp3) is 0.583. The molecule has 4 nitrogen and oxygen atoms in total. The summed E-state index contributed by atoms with van der Waals surface area (Å²) in [6.07, 6.45) is 4.71. The number of thiazole rings is 1. The highest BCUT2D eigenvalue weighted by Crippen LogP contribution is 2.45. The van der Waals surface area contributed by atoms with Crippen molar-refractivity contribution in [2.24, 2.45) is 7.05 Å². The summed E-state index contributed by atoms with van der Waals surface area (Å²) in [7, 11) is 1.96. The Morgan fingerprint density at radius 2 is 2.28 bits per heavy atom. The van der Waals surface area contributed by atoms with Gasteiger partial charge < -0.3 is 4.57 Å². The number of nitrogens with zero attached hydrogens (tertiary/aromatic N) is 3. The van der Waals surface area contributed by atoms with E-state index in [1.54, 1.807) is 11.3 Å². The first-order valence-corrected chi connectivity index (χ1v) is 7.54. The maximum atomic E-state index is 5.19.